The van der Waals surface area contributed by atoms with E-state index in [0.29, 0.717) is 5.52 Å². The molecular weight excluding hydrogens is 212 g/mol. The summed E-state index contributed by atoms with van der Waals surface area (Å²) >= 11 is 0. The number of benzene rings is 1. The predicted octanol–water partition coefficient (Wildman–Crippen LogP) is 1.03. The Hall–Kier alpha value is -2.44. The summed E-state index contributed by atoms with van der Waals surface area (Å²) in [5, 5.41) is 10.8. The van der Waals surface area contributed by atoms with Crippen molar-refractivity contribution >= 4 is 22.6 Å². The molecule has 1 aromatic heterocycles. The van der Waals surface area contributed by atoms with Crippen molar-refractivity contribution in [2.45, 2.75) is 6.92 Å². The molecule has 0 saturated heterocycles. The van der Waals surface area contributed by atoms with Crippen molar-refractivity contribution in [3.05, 3.63) is 34.6 Å². The summed E-state index contributed by atoms with van der Waals surface area (Å²) < 4.78 is 1.25. The van der Waals surface area contributed by atoms with Gasteiger partial charge in [0, 0.05) is 13.0 Å². The van der Waals surface area contributed by atoms with E-state index in [0.717, 1.165) is 0 Å². The maximum absolute atomic E-state index is 10.9. The molecule has 2 rings (SSSR count). The summed E-state index contributed by atoms with van der Waals surface area (Å²) in [6.07, 6.45) is 1.33. The summed E-state index contributed by atoms with van der Waals surface area (Å²) in [4.78, 5) is 25.2. The molecule has 2 aromatic rings. The number of aromatic nitrogens is 2. The van der Waals surface area contributed by atoms with Crippen molar-refractivity contribution < 1.29 is 9.72 Å². The summed E-state index contributed by atoms with van der Waals surface area (Å²) in [6.45, 7) is 1.32. The first-order valence-electron chi connectivity index (χ1n) is 4.47. The number of nitrogens with zero attached hydrogens (tertiary/aromatic N) is 3. The maximum atomic E-state index is 10.9. The van der Waals surface area contributed by atoms with Crippen molar-refractivity contribution in [1.82, 2.24) is 9.66 Å². The van der Waals surface area contributed by atoms with Gasteiger partial charge in [0.2, 0.25) is 5.91 Å². The van der Waals surface area contributed by atoms with Gasteiger partial charge in [0.25, 0.3) is 5.69 Å². The Labute approximate surface area is 89.8 Å². The van der Waals surface area contributed by atoms with Gasteiger partial charge in [0.05, 0.1) is 10.4 Å². The molecule has 82 valence electrons. The SMILES string of the molecule is CC(=O)Nn1cnc2cccc([N+](=O)[O-])c21. The molecule has 0 aliphatic heterocycles. The Kier molecular flexibility index (Phi) is 2.28. The average molecular weight is 220 g/mol. The van der Waals surface area contributed by atoms with E-state index in [4.69, 9.17) is 0 Å². The lowest BCUT2D eigenvalue weighted by atomic mass is 10.3. The zero-order valence-corrected chi connectivity index (χ0v) is 8.38. The minimum Gasteiger partial charge on any atom is -0.274 e. The van der Waals surface area contributed by atoms with Gasteiger partial charge >= 0.3 is 0 Å². The Balaban J connectivity index is 2.67. The number of amides is 1. The van der Waals surface area contributed by atoms with Crippen LogP contribution in [0.4, 0.5) is 5.69 Å². The standard InChI is InChI=1S/C9H8N4O3/c1-6(14)11-12-5-10-7-3-2-4-8(9(7)12)13(15)16/h2-5H,1H3,(H,11,14). The van der Waals surface area contributed by atoms with Crippen LogP contribution in [0, 0.1) is 10.1 Å². The van der Waals surface area contributed by atoms with Crippen molar-refractivity contribution in [3.8, 4) is 0 Å². The largest absolute Gasteiger partial charge is 0.297 e. The fourth-order valence-electron chi connectivity index (χ4n) is 1.45. The molecule has 16 heavy (non-hydrogen) atoms. The van der Waals surface area contributed by atoms with Gasteiger partial charge in [-0.1, -0.05) is 6.07 Å². The second-order valence-electron chi connectivity index (χ2n) is 3.18. The summed E-state index contributed by atoms with van der Waals surface area (Å²) in [5.74, 6) is -0.322. The lowest BCUT2D eigenvalue weighted by Gasteiger charge is -2.03. The molecule has 0 atom stereocenters. The predicted molar refractivity (Wildman–Crippen MR) is 56.4 cm³/mol. The molecule has 1 heterocycles. The third-order valence-corrected chi connectivity index (χ3v) is 2.02. The number of para-hydroxylation sites is 1. The lowest BCUT2D eigenvalue weighted by molar-refractivity contribution is -0.383. The van der Waals surface area contributed by atoms with Crippen LogP contribution in [0.25, 0.3) is 11.0 Å². The summed E-state index contributed by atoms with van der Waals surface area (Å²) in [6, 6.07) is 4.55. The minimum absolute atomic E-state index is 0.0937. The van der Waals surface area contributed by atoms with Gasteiger partial charge in [-0.3, -0.25) is 20.3 Å². The highest BCUT2D eigenvalue weighted by molar-refractivity contribution is 5.88. The molecule has 1 aromatic carbocycles. The quantitative estimate of drug-likeness (QED) is 0.604. The topological polar surface area (TPSA) is 90.1 Å². The van der Waals surface area contributed by atoms with Crippen LogP contribution < -0.4 is 5.43 Å². The van der Waals surface area contributed by atoms with E-state index >= 15 is 0 Å². The van der Waals surface area contributed by atoms with E-state index < -0.39 is 4.92 Å². The van der Waals surface area contributed by atoms with E-state index in [2.05, 4.69) is 10.4 Å². The van der Waals surface area contributed by atoms with E-state index in [9.17, 15) is 14.9 Å². The third-order valence-electron chi connectivity index (χ3n) is 2.02. The molecule has 0 radical (unpaired) electrons. The Morgan fingerprint density at radius 2 is 2.31 bits per heavy atom. The maximum Gasteiger partial charge on any atom is 0.297 e. The molecule has 0 spiro atoms. The lowest BCUT2D eigenvalue weighted by Crippen LogP contribution is -2.18. The molecule has 0 saturated carbocycles. The van der Waals surface area contributed by atoms with Crippen molar-refractivity contribution in [2.75, 3.05) is 5.43 Å². The number of rotatable bonds is 2. The molecule has 7 heteroatoms. The zero-order chi connectivity index (χ0) is 11.7. The van der Waals surface area contributed by atoms with Crippen LogP contribution in [0.15, 0.2) is 24.5 Å². The molecule has 1 amide bonds. The van der Waals surface area contributed by atoms with Crippen LogP contribution in [0.2, 0.25) is 0 Å². The zero-order valence-electron chi connectivity index (χ0n) is 8.38. The summed E-state index contributed by atoms with van der Waals surface area (Å²) in [5.41, 5.74) is 3.08. The smallest absolute Gasteiger partial charge is 0.274 e. The molecule has 0 aliphatic rings. The highest BCUT2D eigenvalue weighted by atomic mass is 16.6. The van der Waals surface area contributed by atoms with Gasteiger partial charge in [-0.25, -0.2) is 9.66 Å². The first-order chi connectivity index (χ1) is 7.59. The first kappa shape index (κ1) is 10.1. The minimum atomic E-state index is -0.512. The van der Waals surface area contributed by atoms with Gasteiger partial charge in [-0.05, 0) is 6.07 Å². The Morgan fingerprint density at radius 1 is 1.56 bits per heavy atom. The first-order valence-corrected chi connectivity index (χ1v) is 4.47. The van der Waals surface area contributed by atoms with Crippen LogP contribution in [-0.2, 0) is 4.79 Å². The number of nitrogens with one attached hydrogen (secondary N) is 1. The number of nitro benzene ring substituents is 1. The van der Waals surface area contributed by atoms with Gasteiger partial charge in [0.15, 0.2) is 5.52 Å². The number of carbonyl (C=O) groups excluding carboxylic acids is 1. The van der Waals surface area contributed by atoms with E-state index in [1.54, 1.807) is 12.1 Å². The monoisotopic (exact) mass is 220 g/mol. The molecule has 0 aliphatic carbocycles. The number of hydrogen-bond donors (Lipinski definition) is 1. The molecule has 0 unspecified atom stereocenters. The van der Waals surface area contributed by atoms with Gasteiger partial charge < -0.3 is 0 Å². The van der Waals surface area contributed by atoms with Gasteiger partial charge in [0.1, 0.15) is 6.33 Å². The number of carbonyl (C=O) groups is 1. The van der Waals surface area contributed by atoms with E-state index in [1.165, 1.54) is 24.0 Å². The fraction of sp³-hybridized carbons (Fsp3) is 0.111. The molecule has 7 nitrogen and oxygen atoms in total. The van der Waals surface area contributed by atoms with E-state index in [1.807, 2.05) is 0 Å². The van der Waals surface area contributed by atoms with Crippen LogP contribution in [0.1, 0.15) is 6.92 Å². The number of nitro groups is 1. The van der Waals surface area contributed by atoms with Crippen molar-refractivity contribution in [3.63, 3.8) is 0 Å². The number of non-ortho nitro benzene ring substituents is 1. The third kappa shape index (κ3) is 1.58. The Bertz CT molecular complexity index is 575. The molecule has 0 fully saturated rings. The van der Waals surface area contributed by atoms with Crippen LogP contribution in [0.3, 0.4) is 0 Å². The molecule has 1 N–H and O–H groups in total. The number of fused-ring (bicyclic) bond motifs is 1. The van der Waals surface area contributed by atoms with Gasteiger partial charge in [-0.15, -0.1) is 0 Å². The van der Waals surface area contributed by atoms with Crippen molar-refractivity contribution in [2.24, 2.45) is 0 Å². The average Bonchev–Trinajstić information content (AvgIpc) is 2.60. The van der Waals surface area contributed by atoms with Crippen LogP contribution in [0.5, 0.6) is 0 Å². The Morgan fingerprint density at radius 3 is 2.94 bits per heavy atom. The van der Waals surface area contributed by atoms with Crippen molar-refractivity contribution in [1.29, 1.82) is 0 Å². The van der Waals surface area contributed by atoms with Gasteiger partial charge in [-0.2, -0.15) is 0 Å². The van der Waals surface area contributed by atoms with Crippen LogP contribution >= 0.6 is 0 Å². The summed E-state index contributed by atoms with van der Waals surface area (Å²) in [7, 11) is 0. The fourth-order valence-corrected chi connectivity index (χ4v) is 1.45. The normalized spacial score (nSPS) is 10.3. The second kappa shape index (κ2) is 3.61. The molecule has 0 bridgehead atoms. The highest BCUT2D eigenvalue weighted by Crippen LogP contribution is 2.23. The highest BCUT2D eigenvalue weighted by Gasteiger charge is 2.16. The molecular formula is C9H8N4O3. The van der Waals surface area contributed by atoms with E-state index in [-0.39, 0.29) is 17.1 Å². The van der Waals surface area contributed by atoms with Crippen LogP contribution in [-0.4, -0.2) is 20.5 Å². The number of imidazole rings is 1. The number of hydrogen-bond acceptors (Lipinski definition) is 4. The second-order valence-corrected chi connectivity index (χ2v) is 3.18.